The number of nitrogens with zero attached hydrogens (tertiary/aromatic N) is 5. The number of nitriles is 1. The summed E-state index contributed by atoms with van der Waals surface area (Å²) >= 11 is 7.27. The monoisotopic (exact) mass is 535 g/mol. The highest BCUT2D eigenvalue weighted by Crippen LogP contribution is 2.39. The van der Waals surface area contributed by atoms with Gasteiger partial charge in [-0.15, -0.1) is 10.2 Å². The second-order valence-electron chi connectivity index (χ2n) is 7.93. The van der Waals surface area contributed by atoms with E-state index in [2.05, 4.69) is 16.3 Å². The van der Waals surface area contributed by atoms with Gasteiger partial charge in [-0.1, -0.05) is 47.6 Å². The van der Waals surface area contributed by atoms with Gasteiger partial charge in [0.2, 0.25) is 6.54 Å². The number of aryl methyl sites for hydroxylation is 1. The third-order valence-corrected chi connectivity index (χ3v) is 6.96. The van der Waals surface area contributed by atoms with Crippen LogP contribution < -0.4 is 9.47 Å². The fourth-order valence-corrected chi connectivity index (χ4v) is 4.98. The van der Waals surface area contributed by atoms with Crippen molar-refractivity contribution in [3.8, 4) is 23.3 Å². The Bertz CT molecular complexity index is 1450. The fraction of sp³-hybridized carbons (Fsp3) is 0.192. The number of hydrogen-bond acceptors (Lipinski definition) is 8. The number of aromatic nitrogens is 3. The minimum atomic E-state index is -0.577. The number of rotatable bonds is 10. The Balaban J connectivity index is 1.61. The van der Waals surface area contributed by atoms with E-state index < -0.39 is 5.25 Å². The molecule has 0 aliphatic carbocycles. The van der Waals surface area contributed by atoms with Crippen LogP contribution in [0, 0.1) is 28.4 Å². The molecule has 3 aromatic carbocycles. The largest absolute Gasteiger partial charge is 0.493 e. The second-order valence-corrected chi connectivity index (χ2v) is 9.54. The first kappa shape index (κ1) is 26.0. The highest BCUT2D eigenvalue weighted by molar-refractivity contribution is 7.99. The lowest BCUT2D eigenvalue weighted by molar-refractivity contribution is -0.479. The minimum absolute atomic E-state index is 0.177. The second kappa shape index (κ2) is 11.8. The maximum atomic E-state index is 11.6. The summed E-state index contributed by atoms with van der Waals surface area (Å²) < 4.78 is 13.3. The van der Waals surface area contributed by atoms with E-state index in [1.807, 2.05) is 35.8 Å². The molecule has 0 fully saturated rings. The molecule has 4 rings (SSSR count). The van der Waals surface area contributed by atoms with Crippen LogP contribution in [0.1, 0.15) is 27.8 Å². The summed E-state index contributed by atoms with van der Waals surface area (Å²) in [5.41, 5.74) is 2.75. The Kier molecular flexibility index (Phi) is 8.28. The predicted octanol–water partition coefficient (Wildman–Crippen LogP) is 5.80. The lowest BCUT2D eigenvalue weighted by Crippen LogP contribution is -2.11. The van der Waals surface area contributed by atoms with Gasteiger partial charge >= 0.3 is 0 Å². The molecule has 1 heterocycles. The average Bonchev–Trinajstić information content (AvgIpc) is 3.27. The van der Waals surface area contributed by atoms with Crippen molar-refractivity contribution in [2.45, 2.75) is 23.9 Å². The molecule has 1 atom stereocenters. The molecule has 0 N–H and O–H groups in total. The molecule has 0 saturated heterocycles. The molecular weight excluding hydrogens is 514 g/mol. The summed E-state index contributed by atoms with van der Waals surface area (Å²) in [5.74, 6) is 1.53. The lowest BCUT2D eigenvalue weighted by atomic mass is 10.1. The minimum Gasteiger partial charge on any atom is -0.493 e. The van der Waals surface area contributed by atoms with Crippen LogP contribution in [-0.4, -0.2) is 33.3 Å². The summed E-state index contributed by atoms with van der Waals surface area (Å²) in [7, 11) is 1.51. The molecule has 188 valence electrons. The zero-order valence-electron chi connectivity index (χ0n) is 20.0. The Morgan fingerprint density at radius 3 is 2.59 bits per heavy atom. The van der Waals surface area contributed by atoms with Gasteiger partial charge in [0.15, 0.2) is 16.7 Å². The summed E-state index contributed by atoms with van der Waals surface area (Å²) in [6, 6.07) is 21.7. The van der Waals surface area contributed by atoms with E-state index in [0.717, 1.165) is 11.3 Å². The van der Waals surface area contributed by atoms with Crippen molar-refractivity contribution >= 4 is 23.4 Å². The van der Waals surface area contributed by atoms with Crippen LogP contribution in [0.4, 0.5) is 0 Å². The van der Waals surface area contributed by atoms with Crippen LogP contribution in [-0.2, 0) is 6.61 Å². The molecule has 0 amide bonds. The Hall–Kier alpha value is -4.07. The van der Waals surface area contributed by atoms with Crippen molar-refractivity contribution < 1.29 is 14.4 Å². The van der Waals surface area contributed by atoms with Crippen LogP contribution in [0.15, 0.2) is 71.9 Å². The van der Waals surface area contributed by atoms with E-state index in [0.29, 0.717) is 38.6 Å². The summed E-state index contributed by atoms with van der Waals surface area (Å²) in [6.45, 7) is 1.65. The van der Waals surface area contributed by atoms with E-state index in [9.17, 15) is 15.4 Å². The number of ether oxygens (including phenoxy) is 2. The molecule has 0 spiro atoms. The number of hydrogen-bond donors (Lipinski definition) is 0. The standard InChI is InChI=1S/C26H22ClN5O4S/c1-17-29-30-26(32(17)22-10-8-21(27)9-11-22)37-25(15-31(33)34)18-7-12-23(24(13-18)35-2)36-16-20-6-4-3-5-19(20)14-28/h3-13,25H,15-16H2,1-2H3/t25-/m1/s1. The first-order valence-electron chi connectivity index (χ1n) is 11.1. The summed E-state index contributed by atoms with van der Waals surface area (Å²) in [5, 5.41) is 29.8. The first-order chi connectivity index (χ1) is 17.9. The topological polar surface area (TPSA) is 116 Å². The van der Waals surface area contributed by atoms with Crippen LogP contribution in [0.5, 0.6) is 11.5 Å². The quantitative estimate of drug-likeness (QED) is 0.142. The van der Waals surface area contributed by atoms with Crippen molar-refractivity contribution in [1.82, 2.24) is 14.8 Å². The molecule has 0 aliphatic heterocycles. The molecule has 4 aromatic rings. The van der Waals surface area contributed by atoms with Gasteiger partial charge in [-0.2, -0.15) is 5.26 Å². The average molecular weight is 536 g/mol. The molecular formula is C26H22ClN5O4S. The van der Waals surface area contributed by atoms with Crippen molar-refractivity contribution in [3.05, 3.63) is 104 Å². The molecule has 11 heteroatoms. The number of methoxy groups -OCH3 is 1. The normalized spacial score (nSPS) is 11.5. The molecule has 9 nitrogen and oxygen atoms in total. The van der Waals surface area contributed by atoms with Gasteiger partial charge in [0.1, 0.15) is 17.7 Å². The van der Waals surface area contributed by atoms with Crippen LogP contribution >= 0.6 is 23.4 Å². The van der Waals surface area contributed by atoms with Gasteiger partial charge in [-0.25, -0.2) is 0 Å². The SMILES string of the molecule is COc1cc([C@@H](C[N+](=O)[O-])Sc2nnc(C)n2-c2ccc(Cl)cc2)ccc1OCc1ccccc1C#N. The highest BCUT2D eigenvalue weighted by Gasteiger charge is 2.25. The van der Waals surface area contributed by atoms with E-state index >= 15 is 0 Å². The van der Waals surface area contributed by atoms with Crippen molar-refractivity contribution in [3.63, 3.8) is 0 Å². The van der Waals surface area contributed by atoms with Crippen molar-refractivity contribution in [2.24, 2.45) is 0 Å². The van der Waals surface area contributed by atoms with Gasteiger partial charge in [0.25, 0.3) is 0 Å². The Morgan fingerprint density at radius 2 is 1.89 bits per heavy atom. The molecule has 1 aromatic heterocycles. The van der Waals surface area contributed by atoms with E-state index in [4.69, 9.17) is 21.1 Å². The van der Waals surface area contributed by atoms with E-state index in [1.165, 1.54) is 18.9 Å². The number of halogens is 1. The number of nitro groups is 1. The molecule has 0 aliphatic rings. The number of benzene rings is 3. The zero-order chi connectivity index (χ0) is 26.4. The Labute approximate surface area is 222 Å². The van der Waals surface area contributed by atoms with Gasteiger partial charge in [0.05, 0.1) is 18.7 Å². The third-order valence-electron chi connectivity index (χ3n) is 5.52. The molecule has 0 unspecified atom stereocenters. The smallest absolute Gasteiger partial charge is 0.220 e. The van der Waals surface area contributed by atoms with Crippen LogP contribution in [0.25, 0.3) is 5.69 Å². The van der Waals surface area contributed by atoms with Gasteiger partial charge in [-0.3, -0.25) is 14.7 Å². The first-order valence-corrected chi connectivity index (χ1v) is 12.4. The van der Waals surface area contributed by atoms with Crippen molar-refractivity contribution in [1.29, 1.82) is 5.26 Å². The highest BCUT2D eigenvalue weighted by atomic mass is 35.5. The van der Waals surface area contributed by atoms with E-state index in [-0.39, 0.29) is 18.1 Å². The maximum Gasteiger partial charge on any atom is 0.220 e. The lowest BCUT2D eigenvalue weighted by Gasteiger charge is -2.17. The van der Waals surface area contributed by atoms with Gasteiger partial charge in [-0.05, 0) is 55.0 Å². The summed E-state index contributed by atoms with van der Waals surface area (Å²) in [6.07, 6.45) is 0. The zero-order valence-corrected chi connectivity index (χ0v) is 21.6. The molecule has 0 radical (unpaired) electrons. The maximum absolute atomic E-state index is 11.6. The summed E-state index contributed by atoms with van der Waals surface area (Å²) in [4.78, 5) is 11.2. The predicted molar refractivity (Wildman–Crippen MR) is 140 cm³/mol. The molecule has 0 bridgehead atoms. The number of thioether (sulfide) groups is 1. The fourth-order valence-electron chi connectivity index (χ4n) is 3.69. The van der Waals surface area contributed by atoms with Gasteiger partial charge in [0, 0.05) is 21.2 Å². The van der Waals surface area contributed by atoms with Crippen molar-refractivity contribution in [2.75, 3.05) is 13.7 Å². The third kappa shape index (κ3) is 6.20. The Morgan fingerprint density at radius 1 is 1.14 bits per heavy atom. The van der Waals surface area contributed by atoms with Crippen LogP contribution in [0.2, 0.25) is 5.02 Å². The molecule has 37 heavy (non-hydrogen) atoms. The molecule has 0 saturated carbocycles. The van der Waals surface area contributed by atoms with Crippen LogP contribution in [0.3, 0.4) is 0 Å². The van der Waals surface area contributed by atoms with Gasteiger partial charge < -0.3 is 9.47 Å². The van der Waals surface area contributed by atoms with E-state index in [1.54, 1.807) is 42.5 Å².